The first-order valence-corrected chi connectivity index (χ1v) is 9.87. The number of nitrogens with one attached hydrogen (secondary N) is 1. The number of rotatable bonds is 5. The summed E-state index contributed by atoms with van der Waals surface area (Å²) in [4.78, 5) is 22.9. The lowest BCUT2D eigenvalue weighted by Gasteiger charge is -2.12. The minimum absolute atomic E-state index is 0.0133. The Balaban J connectivity index is 1.64. The van der Waals surface area contributed by atoms with Crippen LogP contribution in [-0.4, -0.2) is 41.4 Å². The lowest BCUT2D eigenvalue weighted by Crippen LogP contribution is -2.20. The van der Waals surface area contributed by atoms with Crippen LogP contribution in [0.3, 0.4) is 0 Å². The first-order chi connectivity index (χ1) is 13.8. The van der Waals surface area contributed by atoms with Gasteiger partial charge in [0.15, 0.2) is 0 Å². The summed E-state index contributed by atoms with van der Waals surface area (Å²) in [5, 5.41) is 4.11. The number of anilines is 1. The molecule has 0 aliphatic heterocycles. The Bertz CT molecular complexity index is 1100. The summed E-state index contributed by atoms with van der Waals surface area (Å²) in [6.45, 7) is 2.79. The maximum absolute atomic E-state index is 14.9. The summed E-state index contributed by atoms with van der Waals surface area (Å²) in [6.07, 6.45) is 5.68. The SMILES string of the molecule is Cc1ccncc1-c1cc2cc(NC(=O)C3CC3CN(C)C)ncc2c(Cl)c1F. The molecule has 2 atom stereocenters. The van der Waals surface area contributed by atoms with E-state index in [0.717, 1.165) is 18.5 Å². The van der Waals surface area contributed by atoms with E-state index < -0.39 is 5.82 Å². The van der Waals surface area contributed by atoms with Crippen LogP contribution in [0.15, 0.2) is 36.8 Å². The first kappa shape index (κ1) is 19.7. The van der Waals surface area contributed by atoms with Gasteiger partial charge in [0.05, 0.1) is 5.02 Å². The maximum atomic E-state index is 14.9. The molecule has 3 aromatic rings. The van der Waals surface area contributed by atoms with E-state index in [9.17, 15) is 9.18 Å². The zero-order valence-electron chi connectivity index (χ0n) is 16.5. The number of hydrogen-bond acceptors (Lipinski definition) is 4. The second-order valence-electron chi connectivity index (χ2n) is 7.89. The summed E-state index contributed by atoms with van der Waals surface area (Å²) in [5.41, 5.74) is 1.96. The summed E-state index contributed by atoms with van der Waals surface area (Å²) in [5.74, 6) is 0.308. The second-order valence-corrected chi connectivity index (χ2v) is 8.27. The van der Waals surface area contributed by atoms with Gasteiger partial charge in [0.25, 0.3) is 0 Å². The van der Waals surface area contributed by atoms with E-state index in [-0.39, 0.29) is 16.8 Å². The number of pyridine rings is 2. The third-order valence-electron chi connectivity index (χ3n) is 5.34. The number of hydrogen-bond donors (Lipinski definition) is 1. The van der Waals surface area contributed by atoms with Crippen LogP contribution in [0.1, 0.15) is 12.0 Å². The van der Waals surface area contributed by atoms with Crippen LogP contribution >= 0.6 is 11.6 Å². The number of carbonyl (C=O) groups excluding carboxylic acids is 1. The third kappa shape index (κ3) is 3.95. The van der Waals surface area contributed by atoms with Crippen LogP contribution in [0.5, 0.6) is 0 Å². The Morgan fingerprint density at radius 2 is 2.10 bits per heavy atom. The first-order valence-electron chi connectivity index (χ1n) is 9.49. The number of aryl methyl sites for hydroxylation is 1. The number of nitrogens with zero attached hydrogens (tertiary/aromatic N) is 3. The smallest absolute Gasteiger partial charge is 0.228 e. The molecule has 2 heterocycles. The van der Waals surface area contributed by atoms with Gasteiger partial charge in [-0.25, -0.2) is 9.37 Å². The average molecular weight is 413 g/mol. The molecular weight excluding hydrogens is 391 g/mol. The molecule has 1 amide bonds. The van der Waals surface area contributed by atoms with Gasteiger partial charge in [-0.05, 0) is 62.5 Å². The third-order valence-corrected chi connectivity index (χ3v) is 5.71. The van der Waals surface area contributed by atoms with E-state index in [1.54, 1.807) is 24.5 Å². The molecule has 0 radical (unpaired) electrons. The Hall–Kier alpha value is -2.57. The molecule has 4 rings (SSSR count). The van der Waals surface area contributed by atoms with Crippen LogP contribution in [0, 0.1) is 24.6 Å². The van der Waals surface area contributed by atoms with E-state index >= 15 is 0 Å². The molecule has 1 aliphatic rings. The Kier molecular flexibility index (Phi) is 5.23. The molecule has 1 N–H and O–H groups in total. The molecule has 2 unspecified atom stereocenters. The van der Waals surface area contributed by atoms with Gasteiger partial charge >= 0.3 is 0 Å². The molecule has 0 saturated heterocycles. The Labute approximate surface area is 173 Å². The topological polar surface area (TPSA) is 58.1 Å². The predicted molar refractivity (Wildman–Crippen MR) is 113 cm³/mol. The van der Waals surface area contributed by atoms with E-state index in [0.29, 0.717) is 33.6 Å². The molecule has 1 aromatic carbocycles. The van der Waals surface area contributed by atoms with Gasteiger partial charge in [0.1, 0.15) is 11.6 Å². The molecule has 150 valence electrons. The number of halogens is 2. The number of fused-ring (bicyclic) bond motifs is 1. The molecule has 0 bridgehead atoms. The maximum Gasteiger partial charge on any atom is 0.228 e. The summed E-state index contributed by atoms with van der Waals surface area (Å²) < 4.78 is 14.9. The largest absolute Gasteiger partial charge is 0.310 e. The van der Waals surface area contributed by atoms with Crippen LogP contribution < -0.4 is 5.32 Å². The molecular formula is C22H22ClFN4O. The highest BCUT2D eigenvalue weighted by Crippen LogP contribution is 2.40. The highest BCUT2D eigenvalue weighted by atomic mass is 35.5. The van der Waals surface area contributed by atoms with Crippen molar-refractivity contribution >= 4 is 34.1 Å². The molecule has 29 heavy (non-hydrogen) atoms. The van der Waals surface area contributed by atoms with Gasteiger partial charge in [-0.1, -0.05) is 11.6 Å². The fraction of sp³-hybridized carbons (Fsp3) is 0.318. The lowest BCUT2D eigenvalue weighted by molar-refractivity contribution is -0.117. The van der Waals surface area contributed by atoms with E-state index in [4.69, 9.17) is 11.6 Å². The van der Waals surface area contributed by atoms with Crippen molar-refractivity contribution in [1.29, 1.82) is 0 Å². The highest BCUT2D eigenvalue weighted by molar-refractivity contribution is 6.36. The number of carbonyl (C=O) groups is 1. The van der Waals surface area contributed by atoms with E-state index in [1.807, 2.05) is 27.1 Å². The Morgan fingerprint density at radius 3 is 2.83 bits per heavy atom. The van der Waals surface area contributed by atoms with Crippen molar-refractivity contribution in [3.8, 4) is 11.1 Å². The average Bonchev–Trinajstić information content (AvgIpc) is 3.44. The lowest BCUT2D eigenvalue weighted by atomic mass is 9.99. The van der Waals surface area contributed by atoms with Crippen molar-refractivity contribution in [2.24, 2.45) is 11.8 Å². The van der Waals surface area contributed by atoms with Gasteiger partial charge in [-0.15, -0.1) is 0 Å². The standard InChI is InChI=1S/C22H22ClFN4O/c1-12-4-5-25-9-17(12)16-6-13-8-19(26-10-18(13)20(23)21(16)24)27-22(29)15-7-14(15)11-28(2)3/h4-6,8-10,14-15H,7,11H2,1-3H3,(H,26,27,29). The summed E-state index contributed by atoms with van der Waals surface area (Å²) >= 11 is 6.29. The minimum Gasteiger partial charge on any atom is -0.310 e. The monoisotopic (exact) mass is 412 g/mol. The van der Waals surface area contributed by atoms with Gasteiger partial charge in [0, 0.05) is 47.6 Å². The van der Waals surface area contributed by atoms with Crippen molar-refractivity contribution in [2.45, 2.75) is 13.3 Å². The molecule has 1 aliphatic carbocycles. The zero-order chi connectivity index (χ0) is 20.7. The van der Waals surface area contributed by atoms with Gasteiger partial charge in [-0.2, -0.15) is 0 Å². The van der Waals surface area contributed by atoms with Crippen LogP contribution in [-0.2, 0) is 4.79 Å². The Morgan fingerprint density at radius 1 is 1.31 bits per heavy atom. The fourth-order valence-corrected chi connectivity index (χ4v) is 3.96. The van der Waals surface area contributed by atoms with E-state index in [1.165, 1.54) is 6.20 Å². The highest BCUT2D eigenvalue weighted by Gasteiger charge is 2.43. The molecule has 0 spiro atoms. The number of benzene rings is 1. The fourth-order valence-electron chi connectivity index (χ4n) is 3.70. The molecule has 2 aromatic heterocycles. The summed E-state index contributed by atoms with van der Waals surface area (Å²) in [7, 11) is 4.01. The van der Waals surface area contributed by atoms with Crippen LogP contribution in [0.25, 0.3) is 21.9 Å². The zero-order valence-corrected chi connectivity index (χ0v) is 17.3. The summed E-state index contributed by atoms with van der Waals surface area (Å²) in [6, 6.07) is 5.28. The van der Waals surface area contributed by atoms with Crippen LogP contribution in [0.4, 0.5) is 10.2 Å². The predicted octanol–water partition coefficient (Wildman–Crippen LogP) is 4.53. The number of aromatic nitrogens is 2. The second kappa shape index (κ2) is 7.69. The minimum atomic E-state index is -0.502. The van der Waals surface area contributed by atoms with Gasteiger partial charge in [-0.3, -0.25) is 9.78 Å². The van der Waals surface area contributed by atoms with Crippen molar-refractivity contribution in [2.75, 3.05) is 26.0 Å². The van der Waals surface area contributed by atoms with Gasteiger partial charge < -0.3 is 10.2 Å². The molecule has 1 fully saturated rings. The van der Waals surface area contributed by atoms with Crippen LogP contribution in [0.2, 0.25) is 5.02 Å². The molecule has 7 heteroatoms. The van der Waals surface area contributed by atoms with Crippen molar-refractivity contribution in [1.82, 2.24) is 14.9 Å². The van der Waals surface area contributed by atoms with Crippen molar-refractivity contribution in [3.63, 3.8) is 0 Å². The number of amides is 1. The van der Waals surface area contributed by atoms with Gasteiger partial charge in [0.2, 0.25) is 5.91 Å². The normalized spacial score (nSPS) is 18.3. The van der Waals surface area contributed by atoms with Crippen molar-refractivity contribution in [3.05, 3.63) is 53.2 Å². The van der Waals surface area contributed by atoms with Crippen molar-refractivity contribution < 1.29 is 9.18 Å². The van der Waals surface area contributed by atoms with E-state index in [2.05, 4.69) is 20.2 Å². The quantitative estimate of drug-likeness (QED) is 0.668. The molecule has 1 saturated carbocycles. The molecule has 5 nitrogen and oxygen atoms in total.